The highest BCUT2D eigenvalue weighted by Gasteiger charge is 2.21. The second-order valence-corrected chi connectivity index (χ2v) is 8.19. The maximum atomic E-state index is 12.5. The van der Waals surface area contributed by atoms with E-state index in [2.05, 4.69) is 46.1 Å². The number of hydrogen-bond donors (Lipinski definition) is 2. The first kappa shape index (κ1) is 17.9. The van der Waals surface area contributed by atoms with Gasteiger partial charge in [-0.05, 0) is 42.0 Å². The van der Waals surface area contributed by atoms with E-state index in [1.54, 1.807) is 18.4 Å². The number of fused-ring (bicyclic) bond motifs is 1. The first-order valence-electron chi connectivity index (χ1n) is 8.54. The summed E-state index contributed by atoms with van der Waals surface area (Å²) in [5, 5.41) is 8.51. The van der Waals surface area contributed by atoms with E-state index < -0.39 is 0 Å². The normalized spacial score (nSPS) is 14.3. The lowest BCUT2D eigenvalue weighted by molar-refractivity contribution is -0.130. The molecule has 0 radical (unpaired) electrons. The number of carbonyl (C=O) groups excluding carboxylic acids is 1. The average Bonchev–Trinajstić information content (AvgIpc) is 3.29. The van der Waals surface area contributed by atoms with Crippen molar-refractivity contribution in [3.63, 3.8) is 0 Å². The summed E-state index contributed by atoms with van der Waals surface area (Å²) in [6.45, 7) is 4.68. The molecule has 0 fully saturated rings. The first-order chi connectivity index (χ1) is 12.2. The molecule has 1 aliphatic rings. The van der Waals surface area contributed by atoms with Crippen LogP contribution in [0.25, 0.3) is 0 Å². The van der Waals surface area contributed by atoms with Crippen LogP contribution in [0.1, 0.15) is 27.1 Å². The van der Waals surface area contributed by atoms with Gasteiger partial charge in [-0.25, -0.2) is 0 Å². The molecule has 25 heavy (non-hydrogen) atoms. The van der Waals surface area contributed by atoms with E-state index in [-0.39, 0.29) is 12.5 Å². The summed E-state index contributed by atoms with van der Waals surface area (Å²) in [5.74, 6) is 0.775. The lowest BCUT2D eigenvalue weighted by Gasteiger charge is -2.27. The van der Waals surface area contributed by atoms with Crippen LogP contribution in [0.4, 0.5) is 0 Å². The highest BCUT2D eigenvalue weighted by atomic mass is 32.1. The molecule has 2 N–H and O–H groups in total. The number of carbonyl (C=O) groups is 1. The first-order valence-corrected chi connectivity index (χ1v) is 10.2. The second-order valence-electron chi connectivity index (χ2n) is 5.94. The Morgan fingerprint density at radius 3 is 2.88 bits per heavy atom. The van der Waals surface area contributed by atoms with Crippen molar-refractivity contribution in [2.45, 2.75) is 32.9 Å². The van der Waals surface area contributed by atoms with E-state index in [0.29, 0.717) is 5.96 Å². The van der Waals surface area contributed by atoms with Crippen molar-refractivity contribution in [3.05, 3.63) is 43.8 Å². The number of rotatable bonds is 5. The number of guanidine groups is 1. The van der Waals surface area contributed by atoms with Crippen LogP contribution in [0.2, 0.25) is 0 Å². The van der Waals surface area contributed by atoms with Gasteiger partial charge in [0.05, 0.1) is 13.1 Å². The molecule has 7 heteroatoms. The fourth-order valence-corrected chi connectivity index (χ4v) is 4.62. The van der Waals surface area contributed by atoms with E-state index in [4.69, 9.17) is 0 Å². The minimum absolute atomic E-state index is 0.115. The molecule has 3 rings (SSSR count). The monoisotopic (exact) mass is 376 g/mol. The minimum atomic E-state index is 0.115. The lowest BCUT2D eigenvalue weighted by atomic mass is 10.1. The number of hydrogen-bond acceptors (Lipinski definition) is 4. The van der Waals surface area contributed by atoms with Crippen LogP contribution < -0.4 is 10.6 Å². The molecular weight excluding hydrogens is 352 g/mol. The van der Waals surface area contributed by atoms with Crippen LogP contribution in [0, 0.1) is 0 Å². The van der Waals surface area contributed by atoms with Crippen molar-refractivity contribution in [2.75, 3.05) is 20.1 Å². The van der Waals surface area contributed by atoms with Gasteiger partial charge in [-0.2, -0.15) is 0 Å². The molecule has 5 nitrogen and oxygen atoms in total. The Hall–Kier alpha value is -1.86. The smallest absolute Gasteiger partial charge is 0.242 e. The van der Waals surface area contributed by atoms with Crippen LogP contribution in [0.3, 0.4) is 0 Å². The van der Waals surface area contributed by atoms with Crippen LogP contribution in [-0.4, -0.2) is 36.9 Å². The molecule has 2 aromatic heterocycles. The Balaban J connectivity index is 1.45. The van der Waals surface area contributed by atoms with Gasteiger partial charge < -0.3 is 15.5 Å². The zero-order valence-electron chi connectivity index (χ0n) is 14.7. The maximum absolute atomic E-state index is 12.5. The van der Waals surface area contributed by atoms with Gasteiger partial charge in [-0.15, -0.1) is 22.7 Å². The molecule has 0 bridgehead atoms. The molecular formula is C18H24N4OS2. The standard InChI is InChI=1S/C18H24N4OS2/c1-3-14-4-5-15(25-14)10-20-18(19-2)21-11-17(23)22-8-6-16-13(12-22)7-9-24-16/h4-5,7,9H,3,6,8,10-12H2,1-2H3,(H2,19,20,21). The molecule has 2 aromatic rings. The molecule has 1 aliphatic heterocycles. The van der Waals surface area contributed by atoms with Gasteiger partial charge in [0.1, 0.15) is 0 Å². The summed E-state index contributed by atoms with van der Waals surface area (Å²) < 4.78 is 0. The zero-order valence-corrected chi connectivity index (χ0v) is 16.3. The molecule has 0 aromatic carbocycles. The van der Waals surface area contributed by atoms with Gasteiger partial charge in [-0.3, -0.25) is 9.79 Å². The average molecular weight is 377 g/mol. The Kier molecular flexibility index (Phi) is 6.09. The SMILES string of the molecule is CCc1ccc(CNC(=NC)NCC(=O)N2CCc3sccc3C2)s1. The Morgan fingerprint density at radius 2 is 2.12 bits per heavy atom. The molecule has 3 heterocycles. The summed E-state index contributed by atoms with van der Waals surface area (Å²) in [6.07, 6.45) is 2.03. The van der Waals surface area contributed by atoms with E-state index in [1.165, 1.54) is 20.2 Å². The van der Waals surface area contributed by atoms with Crippen molar-refractivity contribution in [3.8, 4) is 0 Å². The van der Waals surface area contributed by atoms with Crippen molar-refractivity contribution >= 4 is 34.5 Å². The molecule has 0 saturated carbocycles. The van der Waals surface area contributed by atoms with Crippen molar-refractivity contribution in [1.82, 2.24) is 15.5 Å². The number of nitrogens with zero attached hydrogens (tertiary/aromatic N) is 2. The van der Waals surface area contributed by atoms with Crippen LogP contribution in [0.5, 0.6) is 0 Å². The van der Waals surface area contributed by atoms with Crippen LogP contribution >= 0.6 is 22.7 Å². The van der Waals surface area contributed by atoms with Crippen LogP contribution in [0.15, 0.2) is 28.6 Å². The van der Waals surface area contributed by atoms with Gasteiger partial charge in [0.25, 0.3) is 0 Å². The molecule has 0 atom stereocenters. The topological polar surface area (TPSA) is 56.7 Å². The van der Waals surface area contributed by atoms with Crippen molar-refractivity contribution < 1.29 is 4.79 Å². The summed E-state index contributed by atoms with van der Waals surface area (Å²) in [4.78, 5) is 22.6. The van der Waals surface area contributed by atoms with E-state index in [9.17, 15) is 4.79 Å². The van der Waals surface area contributed by atoms with E-state index in [0.717, 1.165) is 32.5 Å². The summed E-state index contributed by atoms with van der Waals surface area (Å²) in [7, 11) is 1.73. The number of aliphatic imine (C=N–C) groups is 1. The number of thiophene rings is 2. The third-order valence-electron chi connectivity index (χ3n) is 4.29. The molecule has 0 aliphatic carbocycles. The molecule has 0 spiro atoms. The third kappa shape index (κ3) is 4.61. The minimum Gasteiger partial charge on any atom is -0.352 e. The maximum Gasteiger partial charge on any atom is 0.242 e. The van der Waals surface area contributed by atoms with Crippen LogP contribution in [-0.2, 0) is 30.7 Å². The number of nitrogens with one attached hydrogen (secondary N) is 2. The van der Waals surface area contributed by atoms with E-state index in [1.807, 2.05) is 16.2 Å². The third-order valence-corrected chi connectivity index (χ3v) is 6.54. The summed E-state index contributed by atoms with van der Waals surface area (Å²) in [5.41, 5.74) is 1.29. The van der Waals surface area contributed by atoms with Gasteiger partial charge in [-0.1, -0.05) is 6.92 Å². The lowest BCUT2D eigenvalue weighted by Crippen LogP contribution is -2.45. The van der Waals surface area contributed by atoms with Gasteiger partial charge in [0.15, 0.2) is 5.96 Å². The number of aryl methyl sites for hydroxylation is 1. The van der Waals surface area contributed by atoms with Crippen molar-refractivity contribution in [2.24, 2.45) is 4.99 Å². The van der Waals surface area contributed by atoms with Gasteiger partial charge >= 0.3 is 0 Å². The Labute approximate surface area is 156 Å². The fourth-order valence-electron chi connectivity index (χ4n) is 2.83. The fraction of sp³-hybridized carbons (Fsp3) is 0.444. The Bertz CT molecular complexity index is 750. The molecule has 0 saturated heterocycles. The van der Waals surface area contributed by atoms with Crippen molar-refractivity contribution in [1.29, 1.82) is 0 Å². The Morgan fingerprint density at radius 1 is 1.28 bits per heavy atom. The largest absolute Gasteiger partial charge is 0.352 e. The second kappa shape index (κ2) is 8.49. The quantitative estimate of drug-likeness (QED) is 0.623. The van der Waals surface area contributed by atoms with Gasteiger partial charge in [0.2, 0.25) is 5.91 Å². The predicted octanol–water partition coefficient (Wildman–Crippen LogP) is 2.62. The highest BCUT2D eigenvalue weighted by molar-refractivity contribution is 7.12. The van der Waals surface area contributed by atoms with E-state index >= 15 is 0 Å². The summed E-state index contributed by atoms with van der Waals surface area (Å²) >= 11 is 3.59. The van der Waals surface area contributed by atoms with Gasteiger partial charge in [0, 0.05) is 34.8 Å². The highest BCUT2D eigenvalue weighted by Crippen LogP contribution is 2.23. The summed E-state index contributed by atoms with van der Waals surface area (Å²) in [6, 6.07) is 6.43. The predicted molar refractivity (Wildman–Crippen MR) is 105 cm³/mol. The molecule has 134 valence electrons. The molecule has 1 amide bonds. The zero-order chi connectivity index (χ0) is 17.6. The number of amides is 1. The molecule has 0 unspecified atom stereocenters.